The van der Waals surface area contributed by atoms with Crippen molar-refractivity contribution < 1.29 is 28.0 Å². The number of hydrogen-bond acceptors (Lipinski definition) is 6. The van der Waals surface area contributed by atoms with Gasteiger partial charge in [-0.25, -0.2) is 18.6 Å². The normalized spacial score (nSPS) is 24.5. The summed E-state index contributed by atoms with van der Waals surface area (Å²) in [6.07, 6.45) is 0.0742. The van der Waals surface area contributed by atoms with Gasteiger partial charge < -0.3 is 0 Å². The summed E-state index contributed by atoms with van der Waals surface area (Å²) in [4.78, 5) is 57.0. The molecule has 3 saturated heterocycles. The van der Waals surface area contributed by atoms with Crippen LogP contribution in [0.15, 0.2) is 48.5 Å². The van der Waals surface area contributed by atoms with Crippen molar-refractivity contribution in [3.05, 3.63) is 60.2 Å². The Hall–Kier alpha value is -3.50. The van der Waals surface area contributed by atoms with E-state index in [1.165, 1.54) is 48.5 Å². The molecule has 2 atom stereocenters. The molecule has 0 unspecified atom stereocenters. The number of benzene rings is 2. The SMILES string of the molecule is O=C1C[C@@H](N2CCN([C@@H]3CC(=O)N(c4ccc(F)cc4)C3=O)CC2)C(=O)N1c1ccc(F)cc1. The molecule has 0 saturated carbocycles. The largest absolute Gasteiger partial charge is 0.289 e. The quantitative estimate of drug-likeness (QED) is 0.634. The van der Waals surface area contributed by atoms with Crippen molar-refractivity contribution in [2.75, 3.05) is 36.0 Å². The maximum absolute atomic E-state index is 13.2. The molecule has 4 amide bonds. The van der Waals surface area contributed by atoms with E-state index in [2.05, 4.69) is 0 Å². The Morgan fingerprint density at radius 2 is 0.882 bits per heavy atom. The molecule has 0 N–H and O–H groups in total. The van der Waals surface area contributed by atoms with E-state index in [4.69, 9.17) is 0 Å². The number of carbonyl (C=O) groups is 4. The number of nitrogens with zero attached hydrogens (tertiary/aromatic N) is 4. The highest BCUT2D eigenvalue weighted by atomic mass is 19.1. The average molecular weight is 468 g/mol. The molecule has 3 aliphatic heterocycles. The van der Waals surface area contributed by atoms with Crippen LogP contribution in [-0.4, -0.2) is 71.7 Å². The Kier molecular flexibility index (Phi) is 5.70. The fourth-order valence-corrected chi connectivity index (χ4v) is 4.89. The van der Waals surface area contributed by atoms with E-state index in [1.54, 1.807) is 0 Å². The van der Waals surface area contributed by atoms with Gasteiger partial charge in [-0.3, -0.25) is 29.0 Å². The first-order chi connectivity index (χ1) is 16.3. The molecule has 3 heterocycles. The van der Waals surface area contributed by atoms with E-state index in [0.717, 1.165) is 9.80 Å². The van der Waals surface area contributed by atoms with Gasteiger partial charge in [0.25, 0.3) is 11.8 Å². The van der Waals surface area contributed by atoms with E-state index in [0.29, 0.717) is 37.6 Å². The molecule has 0 aliphatic carbocycles. The van der Waals surface area contributed by atoms with Gasteiger partial charge in [-0.1, -0.05) is 0 Å². The third-order valence-electron chi connectivity index (χ3n) is 6.65. The zero-order chi connectivity index (χ0) is 24.0. The maximum atomic E-state index is 13.2. The molecule has 5 rings (SSSR count). The molecule has 0 spiro atoms. The van der Waals surface area contributed by atoms with Gasteiger partial charge in [-0.15, -0.1) is 0 Å². The van der Waals surface area contributed by atoms with Crippen molar-refractivity contribution in [3.63, 3.8) is 0 Å². The van der Waals surface area contributed by atoms with E-state index in [-0.39, 0.29) is 36.5 Å². The summed E-state index contributed by atoms with van der Waals surface area (Å²) >= 11 is 0. The van der Waals surface area contributed by atoms with Crippen LogP contribution in [0.5, 0.6) is 0 Å². The number of amides is 4. The summed E-state index contributed by atoms with van der Waals surface area (Å²) in [5.74, 6) is -2.27. The van der Waals surface area contributed by atoms with Crippen molar-refractivity contribution >= 4 is 35.0 Å². The van der Waals surface area contributed by atoms with Gasteiger partial charge in [0, 0.05) is 26.2 Å². The zero-order valence-corrected chi connectivity index (χ0v) is 18.2. The highest BCUT2D eigenvalue weighted by molar-refractivity contribution is 6.23. The van der Waals surface area contributed by atoms with Crippen molar-refractivity contribution in [1.82, 2.24) is 9.80 Å². The van der Waals surface area contributed by atoms with Crippen LogP contribution in [0, 0.1) is 11.6 Å². The molecule has 10 heteroatoms. The van der Waals surface area contributed by atoms with Crippen LogP contribution < -0.4 is 9.80 Å². The Morgan fingerprint density at radius 3 is 1.21 bits per heavy atom. The molecule has 2 aromatic rings. The lowest BCUT2D eigenvalue weighted by Gasteiger charge is -2.38. The second-order valence-corrected chi connectivity index (χ2v) is 8.60. The van der Waals surface area contributed by atoms with Crippen LogP contribution in [0.1, 0.15) is 12.8 Å². The lowest BCUT2D eigenvalue weighted by atomic mass is 10.1. The van der Waals surface area contributed by atoms with Crippen LogP contribution in [0.4, 0.5) is 20.2 Å². The van der Waals surface area contributed by atoms with Crippen molar-refractivity contribution in [1.29, 1.82) is 0 Å². The number of hydrogen-bond donors (Lipinski definition) is 0. The lowest BCUT2D eigenvalue weighted by molar-refractivity contribution is -0.126. The summed E-state index contributed by atoms with van der Waals surface area (Å²) in [7, 11) is 0. The molecular weight excluding hydrogens is 446 g/mol. The van der Waals surface area contributed by atoms with E-state index >= 15 is 0 Å². The highest BCUT2D eigenvalue weighted by Crippen LogP contribution is 2.29. The number of rotatable bonds is 4. The highest BCUT2D eigenvalue weighted by Gasteiger charge is 2.46. The standard InChI is InChI=1S/C24H22F2N4O4/c25-15-1-5-17(6-2-15)29-21(31)13-19(23(29)33)27-9-11-28(12-10-27)20-14-22(32)30(24(20)34)18-7-3-16(26)4-8-18/h1-8,19-20H,9-14H2/t19-,20-/m1/s1. The predicted octanol–water partition coefficient (Wildman–Crippen LogP) is 1.55. The van der Waals surface area contributed by atoms with Crippen molar-refractivity contribution in [2.24, 2.45) is 0 Å². The van der Waals surface area contributed by atoms with E-state index < -0.39 is 23.7 Å². The molecule has 2 aromatic carbocycles. The van der Waals surface area contributed by atoms with Crippen LogP contribution in [0.2, 0.25) is 0 Å². The number of carbonyl (C=O) groups excluding carboxylic acids is 4. The minimum absolute atomic E-state index is 0.0371. The molecular formula is C24H22F2N4O4. The van der Waals surface area contributed by atoms with Crippen molar-refractivity contribution in [2.45, 2.75) is 24.9 Å². The first kappa shape index (κ1) is 22.3. The predicted molar refractivity (Wildman–Crippen MR) is 118 cm³/mol. The van der Waals surface area contributed by atoms with Crippen molar-refractivity contribution in [3.8, 4) is 0 Å². The zero-order valence-electron chi connectivity index (χ0n) is 18.2. The Morgan fingerprint density at radius 1 is 0.559 bits per heavy atom. The van der Waals surface area contributed by atoms with E-state index in [1.807, 2.05) is 9.80 Å². The molecule has 0 aromatic heterocycles. The van der Waals surface area contributed by atoms with Gasteiger partial charge >= 0.3 is 0 Å². The summed E-state index contributed by atoms with van der Waals surface area (Å²) in [6, 6.07) is 9.21. The summed E-state index contributed by atoms with van der Waals surface area (Å²) < 4.78 is 26.4. The van der Waals surface area contributed by atoms with E-state index in [9.17, 15) is 28.0 Å². The second-order valence-electron chi connectivity index (χ2n) is 8.60. The minimum Gasteiger partial charge on any atom is -0.289 e. The Labute approximate surface area is 194 Å². The van der Waals surface area contributed by atoms with Crippen LogP contribution >= 0.6 is 0 Å². The first-order valence-electron chi connectivity index (χ1n) is 11.1. The maximum Gasteiger partial charge on any atom is 0.251 e. The minimum atomic E-state index is -0.615. The number of piperazine rings is 1. The molecule has 3 aliphatic rings. The third kappa shape index (κ3) is 3.88. The summed E-state index contributed by atoms with van der Waals surface area (Å²) in [6.45, 7) is 1.82. The molecule has 3 fully saturated rings. The molecule has 8 nitrogen and oxygen atoms in total. The van der Waals surface area contributed by atoms with Crippen LogP contribution in [0.3, 0.4) is 0 Å². The summed E-state index contributed by atoms with van der Waals surface area (Å²) in [5, 5.41) is 0. The van der Waals surface area contributed by atoms with Gasteiger partial charge in [-0.2, -0.15) is 0 Å². The Bertz CT molecular complexity index is 1060. The average Bonchev–Trinajstić information content (AvgIpc) is 3.29. The molecule has 34 heavy (non-hydrogen) atoms. The third-order valence-corrected chi connectivity index (χ3v) is 6.65. The van der Waals surface area contributed by atoms with Gasteiger partial charge in [0.1, 0.15) is 11.6 Å². The van der Waals surface area contributed by atoms with Gasteiger partial charge in [-0.05, 0) is 48.5 Å². The number of anilines is 2. The fraction of sp³-hybridized carbons (Fsp3) is 0.333. The second kappa shape index (κ2) is 8.69. The lowest BCUT2D eigenvalue weighted by Crippen LogP contribution is -2.56. The topological polar surface area (TPSA) is 81.2 Å². The smallest absolute Gasteiger partial charge is 0.251 e. The summed E-state index contributed by atoms with van der Waals surface area (Å²) in [5.41, 5.74) is 0.682. The van der Waals surface area contributed by atoms with Gasteiger partial charge in [0.15, 0.2) is 0 Å². The molecule has 0 bridgehead atoms. The van der Waals surface area contributed by atoms with Crippen LogP contribution in [0.25, 0.3) is 0 Å². The van der Waals surface area contributed by atoms with Crippen LogP contribution in [-0.2, 0) is 19.2 Å². The monoisotopic (exact) mass is 468 g/mol. The first-order valence-corrected chi connectivity index (χ1v) is 11.1. The van der Waals surface area contributed by atoms with Gasteiger partial charge in [0.2, 0.25) is 11.8 Å². The fourth-order valence-electron chi connectivity index (χ4n) is 4.89. The molecule has 0 radical (unpaired) electrons. The number of halogens is 2. The van der Waals surface area contributed by atoms with Gasteiger partial charge in [0.05, 0.1) is 36.3 Å². The number of imide groups is 2. The Balaban J connectivity index is 1.23. The molecule has 176 valence electrons.